The quantitative estimate of drug-likeness (QED) is 0.401. The molecule has 3 rings (SSSR count). The maximum atomic E-state index is 13.5. The van der Waals surface area contributed by atoms with Crippen LogP contribution in [-0.4, -0.2) is 86.2 Å². The van der Waals surface area contributed by atoms with E-state index in [1.165, 1.54) is 4.90 Å². The molecule has 0 bridgehead atoms. The van der Waals surface area contributed by atoms with Gasteiger partial charge in [-0.1, -0.05) is 30.3 Å². The molecule has 3 aromatic rings. The van der Waals surface area contributed by atoms with Crippen LogP contribution < -0.4 is 4.74 Å². The van der Waals surface area contributed by atoms with E-state index < -0.39 is 0 Å². The van der Waals surface area contributed by atoms with Crippen LogP contribution in [0.3, 0.4) is 0 Å². The molecule has 35 heavy (non-hydrogen) atoms. The smallest absolute Gasteiger partial charge is 0.319 e. The van der Waals surface area contributed by atoms with Crippen molar-refractivity contribution in [3.05, 3.63) is 65.9 Å². The fourth-order valence-corrected chi connectivity index (χ4v) is 4.03. The first-order chi connectivity index (χ1) is 16.9. The number of benzene rings is 2. The highest BCUT2D eigenvalue weighted by molar-refractivity contribution is 5.85. The zero-order chi connectivity index (χ0) is 25.2. The van der Waals surface area contributed by atoms with Crippen molar-refractivity contribution < 1.29 is 19.1 Å². The highest BCUT2D eigenvalue weighted by Crippen LogP contribution is 2.19. The number of rotatable bonds is 12. The van der Waals surface area contributed by atoms with E-state index >= 15 is 0 Å². The molecule has 0 aliphatic heterocycles. The number of methoxy groups -OCH3 is 2. The summed E-state index contributed by atoms with van der Waals surface area (Å²) < 4.78 is 10.4. The summed E-state index contributed by atoms with van der Waals surface area (Å²) in [5.74, 6) is 0.680. The summed E-state index contributed by atoms with van der Waals surface area (Å²) in [6.45, 7) is 1.99. The van der Waals surface area contributed by atoms with Gasteiger partial charge in [-0.05, 0) is 42.2 Å². The Bertz CT molecular complexity index is 1090. The van der Waals surface area contributed by atoms with Gasteiger partial charge >= 0.3 is 6.03 Å². The SMILES string of the molecule is COCCCN(CC(=O)N(CCc1c[nH]c2ccccc12)Cc1ccc(OC)cc1)C(=O)N(C)C. The number of hydrogen-bond donors (Lipinski definition) is 1. The molecule has 0 fully saturated rings. The molecule has 0 aliphatic carbocycles. The standard InChI is InChI=1S/C27H36N4O4/c1-29(2)27(33)31(15-7-17-34-3)20-26(32)30(19-21-10-12-23(35-4)13-11-21)16-14-22-18-28-25-9-6-5-8-24(22)25/h5-6,8-13,18,28H,7,14-17,19-20H2,1-4H3. The summed E-state index contributed by atoms with van der Waals surface area (Å²) in [4.78, 5) is 34.5. The van der Waals surface area contributed by atoms with Crippen molar-refractivity contribution in [3.63, 3.8) is 0 Å². The van der Waals surface area contributed by atoms with E-state index in [4.69, 9.17) is 9.47 Å². The molecule has 8 nitrogen and oxygen atoms in total. The van der Waals surface area contributed by atoms with E-state index in [0.29, 0.717) is 39.1 Å². The molecule has 1 aromatic heterocycles. The molecular weight excluding hydrogens is 444 g/mol. The lowest BCUT2D eigenvalue weighted by Crippen LogP contribution is -2.47. The van der Waals surface area contributed by atoms with Gasteiger partial charge in [0.15, 0.2) is 0 Å². The first-order valence-electron chi connectivity index (χ1n) is 11.8. The second kappa shape index (κ2) is 12.8. The molecule has 0 spiro atoms. The number of nitrogens with zero attached hydrogens (tertiary/aromatic N) is 3. The second-order valence-electron chi connectivity index (χ2n) is 8.72. The van der Waals surface area contributed by atoms with Crippen molar-refractivity contribution in [2.24, 2.45) is 0 Å². The lowest BCUT2D eigenvalue weighted by Gasteiger charge is -2.29. The van der Waals surface area contributed by atoms with Crippen molar-refractivity contribution in [3.8, 4) is 5.75 Å². The summed E-state index contributed by atoms with van der Waals surface area (Å²) in [6, 6.07) is 15.7. The van der Waals surface area contributed by atoms with E-state index in [1.54, 1.807) is 33.2 Å². The van der Waals surface area contributed by atoms with Crippen molar-refractivity contribution in [2.75, 3.05) is 54.6 Å². The number of nitrogens with one attached hydrogen (secondary N) is 1. The molecule has 0 saturated carbocycles. The number of carbonyl (C=O) groups is 2. The zero-order valence-electron chi connectivity index (χ0n) is 21.1. The predicted octanol–water partition coefficient (Wildman–Crippen LogP) is 3.77. The Morgan fingerprint density at radius 3 is 2.37 bits per heavy atom. The number of ether oxygens (including phenoxy) is 2. The number of fused-ring (bicyclic) bond motifs is 1. The van der Waals surface area contributed by atoms with Crippen LogP contribution in [-0.2, 0) is 22.5 Å². The Kier molecular flexibility index (Phi) is 9.55. The zero-order valence-corrected chi connectivity index (χ0v) is 21.1. The van der Waals surface area contributed by atoms with Gasteiger partial charge in [0.05, 0.1) is 7.11 Å². The van der Waals surface area contributed by atoms with Gasteiger partial charge in [0, 0.05) is 64.5 Å². The van der Waals surface area contributed by atoms with Crippen LogP contribution >= 0.6 is 0 Å². The Labute approximate surface area is 207 Å². The van der Waals surface area contributed by atoms with Gasteiger partial charge in [-0.2, -0.15) is 0 Å². The summed E-state index contributed by atoms with van der Waals surface area (Å²) in [5.41, 5.74) is 3.24. The molecule has 0 saturated heterocycles. The Hall–Kier alpha value is -3.52. The topological polar surface area (TPSA) is 78.1 Å². The van der Waals surface area contributed by atoms with Crippen LogP contribution in [0.1, 0.15) is 17.5 Å². The summed E-state index contributed by atoms with van der Waals surface area (Å²) in [7, 11) is 6.65. The fraction of sp³-hybridized carbons (Fsp3) is 0.407. The first-order valence-corrected chi connectivity index (χ1v) is 11.8. The number of hydrogen-bond acceptors (Lipinski definition) is 4. The lowest BCUT2D eigenvalue weighted by molar-refractivity contribution is -0.132. The minimum Gasteiger partial charge on any atom is -0.497 e. The van der Waals surface area contributed by atoms with Gasteiger partial charge in [-0.25, -0.2) is 4.79 Å². The van der Waals surface area contributed by atoms with Gasteiger partial charge in [0.2, 0.25) is 5.91 Å². The van der Waals surface area contributed by atoms with Crippen molar-refractivity contribution in [1.82, 2.24) is 19.7 Å². The maximum absolute atomic E-state index is 13.5. The third kappa shape index (κ3) is 7.23. The number of urea groups is 1. The largest absolute Gasteiger partial charge is 0.497 e. The van der Waals surface area contributed by atoms with Crippen molar-refractivity contribution in [1.29, 1.82) is 0 Å². The fourth-order valence-electron chi connectivity index (χ4n) is 4.03. The third-order valence-electron chi connectivity index (χ3n) is 5.97. The van der Waals surface area contributed by atoms with Crippen LogP contribution in [0.25, 0.3) is 10.9 Å². The molecule has 8 heteroatoms. The van der Waals surface area contributed by atoms with E-state index in [9.17, 15) is 9.59 Å². The molecule has 0 radical (unpaired) electrons. The number of para-hydroxylation sites is 1. The average Bonchev–Trinajstić information content (AvgIpc) is 3.29. The lowest BCUT2D eigenvalue weighted by atomic mass is 10.1. The summed E-state index contributed by atoms with van der Waals surface area (Å²) in [5, 5.41) is 1.16. The molecule has 0 aliphatic rings. The number of aromatic amines is 1. The van der Waals surface area contributed by atoms with E-state index in [1.807, 2.05) is 53.6 Å². The second-order valence-corrected chi connectivity index (χ2v) is 8.72. The Morgan fingerprint density at radius 2 is 1.69 bits per heavy atom. The first kappa shape index (κ1) is 26.1. The van der Waals surface area contributed by atoms with Gasteiger partial charge in [-0.3, -0.25) is 4.79 Å². The summed E-state index contributed by atoms with van der Waals surface area (Å²) >= 11 is 0. The van der Waals surface area contributed by atoms with Crippen molar-refractivity contribution in [2.45, 2.75) is 19.4 Å². The Morgan fingerprint density at radius 1 is 0.943 bits per heavy atom. The highest BCUT2D eigenvalue weighted by atomic mass is 16.5. The molecule has 1 heterocycles. The highest BCUT2D eigenvalue weighted by Gasteiger charge is 2.23. The van der Waals surface area contributed by atoms with E-state index in [0.717, 1.165) is 27.8 Å². The van der Waals surface area contributed by atoms with Crippen LogP contribution in [0, 0.1) is 0 Å². The number of amides is 3. The average molecular weight is 481 g/mol. The van der Waals surface area contributed by atoms with Gasteiger partial charge < -0.3 is 29.2 Å². The molecule has 0 atom stereocenters. The van der Waals surface area contributed by atoms with E-state index in [2.05, 4.69) is 11.1 Å². The van der Waals surface area contributed by atoms with Crippen LogP contribution in [0.4, 0.5) is 4.79 Å². The van der Waals surface area contributed by atoms with Gasteiger partial charge in [0.25, 0.3) is 0 Å². The van der Waals surface area contributed by atoms with Crippen molar-refractivity contribution >= 4 is 22.8 Å². The third-order valence-corrected chi connectivity index (χ3v) is 5.97. The van der Waals surface area contributed by atoms with E-state index in [-0.39, 0.29) is 18.5 Å². The Balaban J connectivity index is 1.77. The van der Waals surface area contributed by atoms with Crippen LogP contribution in [0.15, 0.2) is 54.7 Å². The number of carbonyl (C=O) groups excluding carboxylic acids is 2. The number of H-pyrrole nitrogens is 1. The minimum absolute atomic E-state index is 0.0186. The summed E-state index contributed by atoms with van der Waals surface area (Å²) in [6.07, 6.45) is 3.38. The molecular formula is C27H36N4O4. The van der Waals surface area contributed by atoms with Crippen LogP contribution in [0.2, 0.25) is 0 Å². The predicted molar refractivity (Wildman–Crippen MR) is 138 cm³/mol. The molecule has 1 N–H and O–H groups in total. The maximum Gasteiger partial charge on any atom is 0.319 e. The van der Waals surface area contributed by atoms with Gasteiger partial charge in [-0.15, -0.1) is 0 Å². The molecule has 0 unspecified atom stereocenters. The van der Waals surface area contributed by atoms with Crippen LogP contribution in [0.5, 0.6) is 5.75 Å². The molecule has 3 amide bonds. The van der Waals surface area contributed by atoms with Gasteiger partial charge in [0.1, 0.15) is 12.3 Å². The monoisotopic (exact) mass is 480 g/mol. The normalized spacial score (nSPS) is 10.9. The molecule has 188 valence electrons. The minimum atomic E-state index is -0.185. The number of aromatic nitrogens is 1. The molecule has 2 aromatic carbocycles.